The minimum absolute atomic E-state index is 0.359. The van der Waals surface area contributed by atoms with Gasteiger partial charge in [0.2, 0.25) is 5.78 Å². The van der Waals surface area contributed by atoms with Crippen LogP contribution in [0.1, 0.15) is 17.4 Å². The molecule has 0 aliphatic rings. The molecule has 17 heavy (non-hydrogen) atoms. The van der Waals surface area contributed by atoms with Gasteiger partial charge in [0.05, 0.1) is 17.6 Å². The summed E-state index contributed by atoms with van der Waals surface area (Å²) in [6.07, 6.45) is 1.71. The smallest absolute Gasteiger partial charge is 0.356 e. The Balaban J connectivity index is 2.17. The lowest BCUT2D eigenvalue weighted by Gasteiger charge is -1.96. The Morgan fingerprint density at radius 1 is 1.47 bits per heavy atom. The molecule has 0 amide bonds. The first kappa shape index (κ1) is 9.89. The highest BCUT2D eigenvalue weighted by Gasteiger charge is 2.13. The van der Waals surface area contributed by atoms with Gasteiger partial charge in [-0.15, -0.1) is 0 Å². The number of para-hydroxylation sites is 2. The second-order valence-electron chi connectivity index (χ2n) is 3.68. The number of hydrogen-bond donors (Lipinski definition) is 1. The van der Waals surface area contributed by atoms with E-state index in [0.717, 1.165) is 11.0 Å². The Hall–Kier alpha value is -2.30. The molecule has 0 aliphatic carbocycles. The first-order valence-corrected chi connectivity index (χ1v) is 5.42. The second-order valence-corrected chi connectivity index (χ2v) is 3.68. The summed E-state index contributed by atoms with van der Waals surface area (Å²) in [5.74, 6) is 0.288. The first-order chi connectivity index (χ1) is 8.29. The summed E-state index contributed by atoms with van der Waals surface area (Å²) in [5.41, 5.74) is 2.28. The Morgan fingerprint density at radius 3 is 3.12 bits per heavy atom. The Labute approximate surface area is 97.0 Å². The molecule has 5 nitrogen and oxygen atoms in total. The number of ether oxygens (including phenoxy) is 1. The van der Waals surface area contributed by atoms with Crippen molar-refractivity contribution < 1.29 is 9.53 Å². The maximum atomic E-state index is 11.6. The molecule has 5 heteroatoms. The van der Waals surface area contributed by atoms with Gasteiger partial charge in [-0.25, -0.2) is 9.78 Å². The molecule has 0 saturated carbocycles. The number of esters is 1. The highest BCUT2D eigenvalue weighted by Crippen LogP contribution is 2.16. The maximum absolute atomic E-state index is 11.6. The molecule has 1 N–H and O–H groups in total. The van der Waals surface area contributed by atoms with Crippen molar-refractivity contribution in [3.63, 3.8) is 0 Å². The molecule has 1 aromatic carbocycles. The topological polar surface area (TPSA) is 59.4 Å². The van der Waals surface area contributed by atoms with Crippen LogP contribution < -0.4 is 0 Å². The largest absolute Gasteiger partial charge is 0.461 e. The standard InChI is InChI=1S/C12H11N3O2/c1-2-17-11(16)9-7-15-10-6-4-3-5-8(10)13-12(15)14-9/h3-7H,2H2,1H3,(H,13,14). The van der Waals surface area contributed by atoms with Crippen LogP contribution in [-0.2, 0) is 4.74 Å². The molecule has 0 unspecified atom stereocenters. The molecule has 0 fully saturated rings. The lowest BCUT2D eigenvalue weighted by molar-refractivity contribution is 0.0520. The summed E-state index contributed by atoms with van der Waals surface area (Å²) >= 11 is 0. The summed E-state index contributed by atoms with van der Waals surface area (Å²) in [6, 6.07) is 7.76. The lowest BCUT2D eigenvalue weighted by atomic mass is 10.3. The number of nitrogens with zero attached hydrogens (tertiary/aromatic N) is 2. The zero-order valence-corrected chi connectivity index (χ0v) is 9.30. The van der Waals surface area contributed by atoms with Crippen LogP contribution >= 0.6 is 0 Å². The molecular formula is C12H11N3O2. The van der Waals surface area contributed by atoms with Crippen molar-refractivity contribution in [1.82, 2.24) is 14.4 Å². The fourth-order valence-corrected chi connectivity index (χ4v) is 1.86. The number of aromatic nitrogens is 3. The van der Waals surface area contributed by atoms with Gasteiger partial charge in [0.15, 0.2) is 0 Å². The van der Waals surface area contributed by atoms with Crippen molar-refractivity contribution in [2.75, 3.05) is 6.61 Å². The number of imidazole rings is 2. The van der Waals surface area contributed by atoms with Gasteiger partial charge in [0, 0.05) is 6.20 Å². The van der Waals surface area contributed by atoms with Crippen LogP contribution in [0.4, 0.5) is 0 Å². The Kier molecular flexibility index (Phi) is 2.11. The van der Waals surface area contributed by atoms with Crippen LogP contribution in [0.3, 0.4) is 0 Å². The number of benzene rings is 1. The van der Waals surface area contributed by atoms with Crippen molar-refractivity contribution in [2.45, 2.75) is 6.92 Å². The minimum Gasteiger partial charge on any atom is -0.461 e. The fraction of sp³-hybridized carbons (Fsp3) is 0.167. The normalized spacial score (nSPS) is 11.1. The molecule has 2 heterocycles. The molecule has 0 radical (unpaired) electrons. The molecular weight excluding hydrogens is 218 g/mol. The van der Waals surface area contributed by atoms with Gasteiger partial charge >= 0.3 is 5.97 Å². The number of carbonyl (C=O) groups excluding carboxylic acids is 1. The van der Waals surface area contributed by atoms with E-state index < -0.39 is 0 Å². The molecule has 0 saturated heterocycles. The molecule has 0 aliphatic heterocycles. The monoisotopic (exact) mass is 229 g/mol. The Morgan fingerprint density at radius 2 is 2.29 bits per heavy atom. The maximum Gasteiger partial charge on any atom is 0.356 e. The quantitative estimate of drug-likeness (QED) is 0.683. The van der Waals surface area contributed by atoms with Crippen molar-refractivity contribution in [3.05, 3.63) is 36.2 Å². The number of H-pyrrole nitrogens is 1. The third-order valence-corrected chi connectivity index (χ3v) is 2.60. The van der Waals surface area contributed by atoms with E-state index >= 15 is 0 Å². The van der Waals surface area contributed by atoms with Gasteiger partial charge < -0.3 is 9.72 Å². The third-order valence-electron chi connectivity index (χ3n) is 2.60. The van der Waals surface area contributed by atoms with Gasteiger partial charge in [-0.05, 0) is 19.1 Å². The van der Waals surface area contributed by atoms with Crippen molar-refractivity contribution in [1.29, 1.82) is 0 Å². The van der Waals surface area contributed by atoms with Crippen LogP contribution in [0.2, 0.25) is 0 Å². The van der Waals surface area contributed by atoms with Gasteiger partial charge in [0.1, 0.15) is 5.69 Å². The number of carbonyl (C=O) groups is 1. The molecule has 3 aromatic rings. The van der Waals surface area contributed by atoms with Crippen LogP contribution in [0, 0.1) is 0 Å². The molecule has 0 spiro atoms. The van der Waals surface area contributed by atoms with Gasteiger partial charge in [0.25, 0.3) is 0 Å². The van der Waals surface area contributed by atoms with E-state index in [1.807, 2.05) is 28.7 Å². The summed E-state index contributed by atoms with van der Waals surface area (Å²) in [7, 11) is 0. The van der Waals surface area contributed by atoms with Crippen LogP contribution in [0.5, 0.6) is 0 Å². The summed E-state index contributed by atoms with van der Waals surface area (Å²) in [4.78, 5) is 18.9. The number of rotatable bonds is 2. The third kappa shape index (κ3) is 1.47. The van der Waals surface area contributed by atoms with E-state index in [1.54, 1.807) is 13.1 Å². The molecule has 2 aromatic heterocycles. The van der Waals surface area contributed by atoms with E-state index in [4.69, 9.17) is 4.74 Å². The SMILES string of the molecule is CCOC(=O)c1cn2c(nc3ccccc32)[nH]1. The van der Waals surface area contributed by atoms with Crippen molar-refractivity contribution in [2.24, 2.45) is 0 Å². The van der Waals surface area contributed by atoms with Crippen LogP contribution in [0.25, 0.3) is 16.8 Å². The lowest BCUT2D eigenvalue weighted by Crippen LogP contribution is -2.04. The van der Waals surface area contributed by atoms with E-state index in [1.165, 1.54) is 0 Å². The number of aromatic amines is 1. The highest BCUT2D eigenvalue weighted by molar-refractivity contribution is 5.89. The number of fused-ring (bicyclic) bond motifs is 3. The second kappa shape index (κ2) is 3.62. The first-order valence-electron chi connectivity index (χ1n) is 5.42. The van der Waals surface area contributed by atoms with E-state index in [0.29, 0.717) is 18.1 Å². The average molecular weight is 229 g/mol. The summed E-state index contributed by atoms with van der Waals surface area (Å²) in [6.45, 7) is 2.14. The van der Waals surface area contributed by atoms with Crippen molar-refractivity contribution >= 4 is 22.8 Å². The van der Waals surface area contributed by atoms with Crippen LogP contribution in [-0.4, -0.2) is 26.9 Å². The molecule has 0 bridgehead atoms. The minimum atomic E-state index is -0.359. The van der Waals surface area contributed by atoms with Crippen LogP contribution in [0.15, 0.2) is 30.5 Å². The van der Waals surface area contributed by atoms with Gasteiger partial charge in [-0.2, -0.15) is 0 Å². The average Bonchev–Trinajstić information content (AvgIpc) is 2.86. The zero-order valence-electron chi connectivity index (χ0n) is 9.30. The highest BCUT2D eigenvalue weighted by atomic mass is 16.5. The molecule has 0 atom stereocenters. The summed E-state index contributed by atoms with van der Waals surface area (Å²) in [5, 5.41) is 0. The van der Waals surface area contributed by atoms with Crippen molar-refractivity contribution in [3.8, 4) is 0 Å². The van der Waals surface area contributed by atoms with E-state index in [-0.39, 0.29) is 5.97 Å². The number of hydrogen-bond acceptors (Lipinski definition) is 3. The van der Waals surface area contributed by atoms with E-state index in [9.17, 15) is 4.79 Å². The Bertz CT molecular complexity index is 696. The fourth-order valence-electron chi connectivity index (χ4n) is 1.86. The number of nitrogens with one attached hydrogen (secondary N) is 1. The predicted octanol–water partition coefficient (Wildman–Crippen LogP) is 1.99. The molecule has 3 rings (SSSR count). The zero-order chi connectivity index (χ0) is 11.8. The van der Waals surface area contributed by atoms with Gasteiger partial charge in [-0.1, -0.05) is 12.1 Å². The molecule has 86 valence electrons. The predicted molar refractivity (Wildman–Crippen MR) is 63.0 cm³/mol. The van der Waals surface area contributed by atoms with Gasteiger partial charge in [-0.3, -0.25) is 4.40 Å². The summed E-state index contributed by atoms with van der Waals surface area (Å²) < 4.78 is 6.78. The van der Waals surface area contributed by atoms with E-state index in [2.05, 4.69) is 9.97 Å².